The molecule has 0 spiro atoms. The van der Waals surface area contributed by atoms with Gasteiger partial charge in [0, 0.05) is 11.8 Å². The van der Waals surface area contributed by atoms with Gasteiger partial charge in [-0.15, -0.1) is 0 Å². The molecule has 0 unspecified atom stereocenters. The Balaban J connectivity index is 1.72. The Morgan fingerprint density at radius 3 is 2.54 bits per heavy atom. The quantitative estimate of drug-likeness (QED) is 0.761. The molecule has 2 aromatic rings. The fraction of sp³-hybridized carbons (Fsp3) is 0.316. The number of carbonyl (C=O) groups is 1. The number of nitrogens with one attached hydrogen (secondary N) is 2. The zero-order valence-corrected chi connectivity index (χ0v) is 16.6. The maximum Gasteiger partial charge on any atom is 0.244 e. The van der Waals surface area contributed by atoms with Gasteiger partial charge in [-0.05, 0) is 43.7 Å². The van der Waals surface area contributed by atoms with Crippen molar-refractivity contribution in [3.05, 3.63) is 42.0 Å². The lowest BCUT2D eigenvalue weighted by atomic mass is 10.2. The summed E-state index contributed by atoms with van der Waals surface area (Å²) in [5, 5.41) is 2.67. The number of carbonyl (C=O) groups excluding carboxylic acids is 1. The highest BCUT2D eigenvalue weighted by Gasteiger charge is 2.25. The van der Waals surface area contributed by atoms with Gasteiger partial charge in [0.2, 0.25) is 15.9 Å². The Bertz CT molecular complexity index is 990. The van der Waals surface area contributed by atoms with Crippen LogP contribution in [0.3, 0.4) is 0 Å². The first-order chi connectivity index (χ1) is 13.3. The molecule has 0 aromatic heterocycles. The molecule has 0 bridgehead atoms. The fourth-order valence-electron chi connectivity index (χ4n) is 2.72. The molecular formula is C19H22N2O6S. The molecule has 0 radical (unpaired) electrons. The van der Waals surface area contributed by atoms with Crippen LogP contribution in [0.4, 0.5) is 5.69 Å². The van der Waals surface area contributed by atoms with E-state index in [1.54, 1.807) is 37.3 Å². The van der Waals surface area contributed by atoms with Crippen LogP contribution in [0.25, 0.3) is 0 Å². The summed E-state index contributed by atoms with van der Waals surface area (Å²) >= 11 is 0. The van der Waals surface area contributed by atoms with Crippen molar-refractivity contribution in [2.45, 2.75) is 24.8 Å². The average Bonchev–Trinajstić information content (AvgIpc) is 2.67. The van der Waals surface area contributed by atoms with Gasteiger partial charge in [-0.1, -0.05) is 6.07 Å². The molecule has 2 aromatic carbocycles. The molecule has 1 aliphatic rings. The number of aryl methyl sites for hydroxylation is 1. The molecule has 1 aliphatic heterocycles. The van der Waals surface area contributed by atoms with E-state index < -0.39 is 22.0 Å². The van der Waals surface area contributed by atoms with Crippen LogP contribution in [-0.4, -0.2) is 40.7 Å². The lowest BCUT2D eigenvalue weighted by Gasteiger charge is -2.20. The molecule has 1 atom stereocenters. The van der Waals surface area contributed by atoms with Crippen molar-refractivity contribution >= 4 is 21.6 Å². The predicted molar refractivity (Wildman–Crippen MR) is 104 cm³/mol. The molecule has 0 fully saturated rings. The minimum absolute atomic E-state index is 0.0195. The Hall–Kier alpha value is -2.78. The van der Waals surface area contributed by atoms with Gasteiger partial charge in [0.05, 0.1) is 13.2 Å². The SMILES string of the molecule is COc1ccc(C)cc1S(=O)(=O)N[C@H](C)C(=O)Nc1ccc2c(c1)OCCO2. The molecular weight excluding hydrogens is 384 g/mol. The number of sulfonamides is 1. The Kier molecular flexibility index (Phi) is 5.76. The summed E-state index contributed by atoms with van der Waals surface area (Å²) in [5.41, 5.74) is 1.24. The molecule has 2 N–H and O–H groups in total. The summed E-state index contributed by atoms with van der Waals surface area (Å²) in [4.78, 5) is 12.5. The molecule has 3 rings (SSSR count). The lowest BCUT2D eigenvalue weighted by molar-refractivity contribution is -0.117. The van der Waals surface area contributed by atoms with Crippen molar-refractivity contribution < 1.29 is 27.4 Å². The smallest absolute Gasteiger partial charge is 0.244 e. The second kappa shape index (κ2) is 8.07. The molecule has 1 heterocycles. The summed E-state index contributed by atoms with van der Waals surface area (Å²) in [6, 6.07) is 8.79. The maximum absolute atomic E-state index is 12.7. The third kappa shape index (κ3) is 4.37. The van der Waals surface area contributed by atoms with Crippen molar-refractivity contribution in [1.29, 1.82) is 0 Å². The number of anilines is 1. The van der Waals surface area contributed by atoms with Crippen LogP contribution in [0.1, 0.15) is 12.5 Å². The number of fused-ring (bicyclic) bond motifs is 1. The van der Waals surface area contributed by atoms with Crippen molar-refractivity contribution in [3.8, 4) is 17.2 Å². The Morgan fingerprint density at radius 2 is 1.82 bits per heavy atom. The van der Waals surface area contributed by atoms with Crippen LogP contribution in [0.2, 0.25) is 0 Å². The van der Waals surface area contributed by atoms with Crippen molar-refractivity contribution in [3.63, 3.8) is 0 Å². The maximum atomic E-state index is 12.7. The van der Waals surface area contributed by atoms with Crippen LogP contribution in [0, 0.1) is 6.92 Å². The number of benzene rings is 2. The zero-order chi connectivity index (χ0) is 20.3. The van der Waals surface area contributed by atoms with Gasteiger partial charge in [-0.2, -0.15) is 4.72 Å². The van der Waals surface area contributed by atoms with Gasteiger partial charge in [0.25, 0.3) is 0 Å². The van der Waals surface area contributed by atoms with E-state index in [2.05, 4.69) is 10.0 Å². The van der Waals surface area contributed by atoms with Gasteiger partial charge < -0.3 is 19.5 Å². The van der Waals surface area contributed by atoms with Gasteiger partial charge >= 0.3 is 0 Å². The predicted octanol–water partition coefficient (Wildman–Crippen LogP) is 2.08. The third-order valence-electron chi connectivity index (χ3n) is 4.14. The monoisotopic (exact) mass is 406 g/mol. The first-order valence-electron chi connectivity index (χ1n) is 8.67. The van der Waals surface area contributed by atoms with E-state index in [9.17, 15) is 13.2 Å². The zero-order valence-electron chi connectivity index (χ0n) is 15.8. The topological polar surface area (TPSA) is 103 Å². The molecule has 8 nitrogen and oxygen atoms in total. The Labute approximate surface area is 163 Å². The van der Waals surface area contributed by atoms with Crippen LogP contribution < -0.4 is 24.2 Å². The third-order valence-corrected chi connectivity index (χ3v) is 5.71. The van der Waals surface area contributed by atoms with E-state index in [-0.39, 0.29) is 10.6 Å². The average molecular weight is 406 g/mol. The second-order valence-electron chi connectivity index (χ2n) is 6.34. The number of hydrogen-bond donors (Lipinski definition) is 2. The molecule has 0 saturated carbocycles. The number of rotatable bonds is 6. The normalized spacial score (nSPS) is 14.2. The first-order valence-corrected chi connectivity index (χ1v) is 10.2. The molecule has 150 valence electrons. The van der Waals surface area contributed by atoms with Crippen molar-refractivity contribution in [2.24, 2.45) is 0 Å². The molecule has 28 heavy (non-hydrogen) atoms. The summed E-state index contributed by atoms with van der Waals surface area (Å²) in [7, 11) is -2.57. The lowest BCUT2D eigenvalue weighted by Crippen LogP contribution is -2.41. The van der Waals surface area contributed by atoms with Crippen LogP contribution >= 0.6 is 0 Å². The van der Waals surface area contributed by atoms with E-state index in [0.29, 0.717) is 30.4 Å². The Morgan fingerprint density at radius 1 is 1.11 bits per heavy atom. The fourth-order valence-corrected chi connectivity index (χ4v) is 4.17. The molecule has 0 saturated heterocycles. The highest BCUT2D eigenvalue weighted by Crippen LogP contribution is 2.32. The minimum Gasteiger partial charge on any atom is -0.495 e. The highest BCUT2D eigenvalue weighted by atomic mass is 32.2. The van der Waals surface area contributed by atoms with E-state index in [1.807, 2.05) is 0 Å². The summed E-state index contributed by atoms with van der Waals surface area (Å²) in [5.74, 6) is 0.829. The van der Waals surface area contributed by atoms with Gasteiger partial charge in [0.15, 0.2) is 11.5 Å². The van der Waals surface area contributed by atoms with E-state index in [4.69, 9.17) is 14.2 Å². The summed E-state index contributed by atoms with van der Waals surface area (Å²) in [6.07, 6.45) is 0. The van der Waals surface area contributed by atoms with Crippen LogP contribution in [0.15, 0.2) is 41.3 Å². The van der Waals surface area contributed by atoms with Gasteiger partial charge in [0.1, 0.15) is 23.9 Å². The largest absolute Gasteiger partial charge is 0.495 e. The van der Waals surface area contributed by atoms with E-state index in [1.165, 1.54) is 20.1 Å². The second-order valence-corrected chi connectivity index (χ2v) is 8.03. The molecule has 9 heteroatoms. The summed E-state index contributed by atoms with van der Waals surface area (Å²) < 4.78 is 43.9. The van der Waals surface area contributed by atoms with Crippen LogP contribution in [-0.2, 0) is 14.8 Å². The van der Waals surface area contributed by atoms with E-state index >= 15 is 0 Å². The number of methoxy groups -OCH3 is 1. The van der Waals surface area contributed by atoms with Gasteiger partial charge in [-0.25, -0.2) is 8.42 Å². The van der Waals surface area contributed by atoms with Crippen molar-refractivity contribution in [1.82, 2.24) is 4.72 Å². The standard InChI is InChI=1S/C19H22N2O6S/c1-12-4-6-16(25-3)18(10-12)28(23,24)21-13(2)19(22)20-14-5-7-15-17(11-14)27-9-8-26-15/h4-7,10-11,13,21H,8-9H2,1-3H3,(H,20,22)/t13-/m1/s1. The van der Waals surface area contributed by atoms with Gasteiger partial charge in [-0.3, -0.25) is 4.79 Å². The molecule has 0 aliphatic carbocycles. The number of hydrogen-bond acceptors (Lipinski definition) is 6. The van der Waals surface area contributed by atoms with Crippen LogP contribution in [0.5, 0.6) is 17.2 Å². The highest BCUT2D eigenvalue weighted by molar-refractivity contribution is 7.89. The minimum atomic E-state index is -3.96. The number of ether oxygens (including phenoxy) is 3. The van der Waals surface area contributed by atoms with Crippen molar-refractivity contribution in [2.75, 3.05) is 25.6 Å². The first kappa shape index (κ1) is 20.0. The molecule has 1 amide bonds. The number of amides is 1. The van der Waals surface area contributed by atoms with E-state index in [0.717, 1.165) is 5.56 Å². The summed E-state index contributed by atoms with van der Waals surface area (Å²) in [6.45, 7) is 4.14.